The van der Waals surface area contributed by atoms with Gasteiger partial charge in [0.05, 0.1) is 11.4 Å². The summed E-state index contributed by atoms with van der Waals surface area (Å²) in [5.41, 5.74) is 11.9. The van der Waals surface area contributed by atoms with E-state index in [0.717, 1.165) is 66.5 Å². The van der Waals surface area contributed by atoms with Gasteiger partial charge in [-0.15, -0.1) is 0 Å². The van der Waals surface area contributed by atoms with Crippen molar-refractivity contribution in [3.63, 3.8) is 0 Å². The van der Waals surface area contributed by atoms with E-state index in [0.29, 0.717) is 0 Å². The lowest BCUT2D eigenvalue weighted by Gasteiger charge is -2.28. The molecule has 9 aromatic rings. The molecule has 0 aliphatic heterocycles. The summed E-state index contributed by atoms with van der Waals surface area (Å²) < 4.78 is 6.74. The second-order valence-corrected chi connectivity index (χ2v) is 12.0. The second-order valence-electron chi connectivity index (χ2n) is 12.0. The first kappa shape index (κ1) is 27.8. The van der Waals surface area contributed by atoms with Crippen LogP contribution in [0.4, 0.5) is 17.1 Å². The van der Waals surface area contributed by atoms with Gasteiger partial charge in [0.1, 0.15) is 5.58 Å². The summed E-state index contributed by atoms with van der Waals surface area (Å²) in [4.78, 5) is 6.69. The van der Waals surface area contributed by atoms with Crippen LogP contribution in [0.1, 0.15) is 0 Å². The monoisotopic (exact) mass is 614 g/mol. The summed E-state index contributed by atoms with van der Waals surface area (Å²) in [6, 6.07) is 60.1. The minimum Gasteiger partial charge on any atom is -0.454 e. The van der Waals surface area contributed by atoms with E-state index in [4.69, 9.17) is 4.42 Å². The summed E-state index contributed by atoms with van der Waals surface area (Å²) in [6.07, 6.45) is 3.74. The van der Waals surface area contributed by atoms with E-state index in [-0.39, 0.29) is 0 Å². The van der Waals surface area contributed by atoms with Gasteiger partial charge in [-0.25, -0.2) is 0 Å². The van der Waals surface area contributed by atoms with Crippen LogP contribution in [0.3, 0.4) is 0 Å². The molecule has 7 aromatic carbocycles. The molecule has 0 radical (unpaired) electrons. The molecule has 9 rings (SSSR count). The first-order chi connectivity index (χ1) is 23.8. The minimum absolute atomic E-state index is 0.846. The molecule has 0 aliphatic rings. The Balaban J connectivity index is 1.20. The Morgan fingerprint density at radius 3 is 1.77 bits per heavy atom. The van der Waals surface area contributed by atoms with Crippen LogP contribution in [-0.2, 0) is 0 Å². The molecule has 226 valence electrons. The lowest BCUT2D eigenvalue weighted by molar-refractivity contribution is 0.669. The number of fused-ring (bicyclic) bond motifs is 4. The van der Waals surface area contributed by atoms with E-state index in [1.165, 1.54) is 16.7 Å². The number of nitrogens with zero attached hydrogens (tertiary/aromatic N) is 2. The number of benzene rings is 7. The molecule has 0 unspecified atom stereocenters. The van der Waals surface area contributed by atoms with Gasteiger partial charge in [-0.05, 0) is 75.7 Å². The van der Waals surface area contributed by atoms with Crippen molar-refractivity contribution in [3.05, 3.63) is 182 Å². The fourth-order valence-corrected chi connectivity index (χ4v) is 6.77. The van der Waals surface area contributed by atoms with Crippen molar-refractivity contribution in [1.29, 1.82) is 0 Å². The normalized spacial score (nSPS) is 11.3. The number of rotatable bonds is 6. The molecule has 0 aliphatic carbocycles. The SMILES string of the molecule is c1ccc(-c2ccc(-c3ccc(N(c4ccccc4-c4ccccc4)c4cccc5c4oc4cc6ccncc6cc45)cc3)cc2)cc1. The highest BCUT2D eigenvalue weighted by Crippen LogP contribution is 2.46. The van der Waals surface area contributed by atoms with Crippen molar-refractivity contribution < 1.29 is 4.42 Å². The van der Waals surface area contributed by atoms with Gasteiger partial charge in [0.15, 0.2) is 5.58 Å². The van der Waals surface area contributed by atoms with Gasteiger partial charge in [-0.1, -0.05) is 127 Å². The van der Waals surface area contributed by atoms with Gasteiger partial charge >= 0.3 is 0 Å². The lowest BCUT2D eigenvalue weighted by Crippen LogP contribution is -2.11. The Labute approximate surface area is 279 Å². The summed E-state index contributed by atoms with van der Waals surface area (Å²) in [7, 11) is 0. The number of furan rings is 1. The van der Waals surface area contributed by atoms with Crippen molar-refractivity contribution in [2.75, 3.05) is 4.90 Å². The minimum atomic E-state index is 0.846. The van der Waals surface area contributed by atoms with Crippen LogP contribution in [-0.4, -0.2) is 4.98 Å². The smallest absolute Gasteiger partial charge is 0.159 e. The summed E-state index contributed by atoms with van der Waals surface area (Å²) in [5, 5.41) is 4.36. The standard InChI is InChI=1S/C45H30N2O/c1-3-10-31(11-4-1)32-18-20-33(21-19-32)34-22-24-38(25-23-34)47(42-16-8-7-14-39(42)35-12-5-2-6-13-35)43-17-9-15-40-41-28-37-30-46-27-26-36(37)29-44(41)48-45(40)43/h1-30H. The zero-order valence-corrected chi connectivity index (χ0v) is 26.1. The molecule has 0 bridgehead atoms. The predicted molar refractivity (Wildman–Crippen MR) is 200 cm³/mol. The van der Waals surface area contributed by atoms with Crippen molar-refractivity contribution in [1.82, 2.24) is 4.98 Å². The van der Waals surface area contributed by atoms with Crippen LogP contribution in [0.15, 0.2) is 187 Å². The molecule has 0 spiro atoms. The van der Waals surface area contributed by atoms with Crippen molar-refractivity contribution in [2.24, 2.45) is 0 Å². The molecule has 3 heteroatoms. The molecule has 48 heavy (non-hydrogen) atoms. The van der Waals surface area contributed by atoms with E-state index in [9.17, 15) is 0 Å². The number of anilines is 3. The number of pyridine rings is 1. The number of hydrogen-bond acceptors (Lipinski definition) is 3. The average Bonchev–Trinajstić information content (AvgIpc) is 3.53. The van der Waals surface area contributed by atoms with E-state index in [1.807, 2.05) is 18.5 Å². The van der Waals surface area contributed by atoms with Crippen molar-refractivity contribution in [2.45, 2.75) is 0 Å². The largest absolute Gasteiger partial charge is 0.454 e. The Morgan fingerprint density at radius 2 is 1.04 bits per heavy atom. The fraction of sp³-hybridized carbons (Fsp3) is 0. The van der Waals surface area contributed by atoms with E-state index >= 15 is 0 Å². The molecule has 0 amide bonds. The highest BCUT2D eigenvalue weighted by molar-refractivity contribution is 6.14. The third kappa shape index (κ3) is 4.90. The van der Waals surface area contributed by atoms with Gasteiger partial charge in [0, 0.05) is 39.8 Å². The molecular weight excluding hydrogens is 585 g/mol. The van der Waals surface area contributed by atoms with Gasteiger partial charge in [-0.3, -0.25) is 4.98 Å². The van der Waals surface area contributed by atoms with Crippen LogP contribution >= 0.6 is 0 Å². The first-order valence-electron chi connectivity index (χ1n) is 16.2. The predicted octanol–water partition coefficient (Wildman–Crippen LogP) is 12.6. The molecule has 3 nitrogen and oxygen atoms in total. The van der Waals surface area contributed by atoms with Gasteiger partial charge < -0.3 is 9.32 Å². The molecule has 2 heterocycles. The van der Waals surface area contributed by atoms with Gasteiger partial charge in [0.2, 0.25) is 0 Å². The van der Waals surface area contributed by atoms with Crippen LogP contribution in [0, 0.1) is 0 Å². The maximum absolute atomic E-state index is 6.74. The lowest BCUT2D eigenvalue weighted by atomic mass is 9.99. The summed E-state index contributed by atoms with van der Waals surface area (Å²) in [6.45, 7) is 0. The second kappa shape index (κ2) is 11.7. The Hall–Kier alpha value is -6.45. The maximum atomic E-state index is 6.74. The van der Waals surface area contributed by atoms with Gasteiger partial charge in [-0.2, -0.15) is 0 Å². The average molecular weight is 615 g/mol. The van der Waals surface area contributed by atoms with E-state index in [2.05, 4.69) is 174 Å². The molecule has 0 saturated heterocycles. The summed E-state index contributed by atoms with van der Waals surface area (Å²) in [5.74, 6) is 0. The quantitative estimate of drug-likeness (QED) is 0.187. The number of aromatic nitrogens is 1. The first-order valence-corrected chi connectivity index (χ1v) is 16.2. The zero-order chi connectivity index (χ0) is 31.9. The Bertz CT molecular complexity index is 2540. The van der Waals surface area contributed by atoms with Crippen molar-refractivity contribution >= 4 is 49.8 Å². The fourth-order valence-electron chi connectivity index (χ4n) is 6.77. The van der Waals surface area contributed by atoms with Crippen LogP contribution in [0.2, 0.25) is 0 Å². The number of para-hydroxylation sites is 2. The molecule has 0 saturated carbocycles. The van der Waals surface area contributed by atoms with Gasteiger partial charge in [0.25, 0.3) is 0 Å². The molecule has 0 fully saturated rings. The Morgan fingerprint density at radius 1 is 0.438 bits per heavy atom. The third-order valence-electron chi connectivity index (χ3n) is 9.16. The molecular formula is C45H30N2O. The van der Waals surface area contributed by atoms with Crippen LogP contribution < -0.4 is 4.90 Å². The van der Waals surface area contributed by atoms with Crippen LogP contribution in [0.25, 0.3) is 66.1 Å². The highest BCUT2D eigenvalue weighted by Gasteiger charge is 2.22. The molecule has 0 N–H and O–H groups in total. The highest BCUT2D eigenvalue weighted by atomic mass is 16.3. The van der Waals surface area contributed by atoms with E-state index in [1.54, 1.807) is 0 Å². The zero-order valence-electron chi connectivity index (χ0n) is 26.1. The molecule has 2 aromatic heterocycles. The molecule has 0 atom stereocenters. The van der Waals surface area contributed by atoms with Crippen molar-refractivity contribution in [3.8, 4) is 33.4 Å². The van der Waals surface area contributed by atoms with Crippen LogP contribution in [0.5, 0.6) is 0 Å². The topological polar surface area (TPSA) is 29.3 Å². The maximum Gasteiger partial charge on any atom is 0.159 e. The number of hydrogen-bond donors (Lipinski definition) is 0. The summed E-state index contributed by atoms with van der Waals surface area (Å²) >= 11 is 0. The van der Waals surface area contributed by atoms with E-state index < -0.39 is 0 Å². The third-order valence-corrected chi connectivity index (χ3v) is 9.16. The Kier molecular flexibility index (Phi) is 6.80.